The van der Waals surface area contributed by atoms with Gasteiger partial charge in [0.2, 0.25) is 0 Å². The van der Waals surface area contributed by atoms with Crippen molar-refractivity contribution >= 4 is 5.91 Å². The van der Waals surface area contributed by atoms with E-state index in [1.54, 1.807) is 24.5 Å². The number of ether oxygens (including phenoxy) is 2. The number of hydrogen-bond donors (Lipinski definition) is 0. The van der Waals surface area contributed by atoms with Gasteiger partial charge in [0.1, 0.15) is 6.10 Å². The van der Waals surface area contributed by atoms with Crippen molar-refractivity contribution in [2.75, 3.05) is 13.2 Å². The van der Waals surface area contributed by atoms with Crippen LogP contribution in [0.25, 0.3) is 0 Å². The Morgan fingerprint density at radius 3 is 3.08 bits per heavy atom. The zero-order valence-corrected chi connectivity index (χ0v) is 13.3. The Hall–Kier alpha value is -2.18. The zero-order chi connectivity index (χ0) is 16.4. The second kappa shape index (κ2) is 6.75. The summed E-state index contributed by atoms with van der Waals surface area (Å²) in [7, 11) is 0. The van der Waals surface area contributed by atoms with Crippen LogP contribution in [0.3, 0.4) is 0 Å². The fourth-order valence-electron chi connectivity index (χ4n) is 3.58. The number of amides is 1. The maximum atomic E-state index is 12.7. The molecule has 3 atom stereocenters. The molecule has 2 fully saturated rings. The number of nitrogens with zero attached hydrogens (tertiary/aromatic N) is 2. The van der Waals surface area contributed by atoms with E-state index in [1.807, 2.05) is 17.0 Å². The van der Waals surface area contributed by atoms with Crippen molar-refractivity contribution in [1.29, 1.82) is 0 Å². The molecular formula is C18H20N2O4. The molecule has 2 aromatic heterocycles. The Bertz CT molecular complexity index is 674. The molecule has 6 heteroatoms. The molecule has 1 aliphatic heterocycles. The number of furan rings is 1. The van der Waals surface area contributed by atoms with Crippen LogP contribution in [0, 0.1) is 0 Å². The SMILES string of the molecule is O=C(c1ccco1)N1CCO[C@H]2CC[C@H]1[C@@H]2OCc1cccnc1. The van der Waals surface area contributed by atoms with E-state index in [0.717, 1.165) is 18.4 Å². The highest BCUT2D eigenvalue weighted by atomic mass is 16.5. The van der Waals surface area contributed by atoms with Crippen molar-refractivity contribution in [1.82, 2.24) is 9.88 Å². The highest BCUT2D eigenvalue weighted by Gasteiger charge is 2.45. The Kier molecular flexibility index (Phi) is 4.32. The molecule has 0 spiro atoms. The van der Waals surface area contributed by atoms with E-state index in [2.05, 4.69) is 4.98 Å². The summed E-state index contributed by atoms with van der Waals surface area (Å²) in [6, 6.07) is 7.33. The Balaban J connectivity index is 1.50. The summed E-state index contributed by atoms with van der Waals surface area (Å²) in [6.07, 6.45) is 6.78. The van der Waals surface area contributed by atoms with Gasteiger partial charge in [-0.1, -0.05) is 6.07 Å². The van der Waals surface area contributed by atoms with Gasteiger partial charge in [0, 0.05) is 18.9 Å². The third-order valence-electron chi connectivity index (χ3n) is 4.72. The third kappa shape index (κ3) is 2.95. The first kappa shape index (κ1) is 15.4. The minimum Gasteiger partial charge on any atom is -0.459 e. The number of hydrogen-bond acceptors (Lipinski definition) is 5. The van der Waals surface area contributed by atoms with Crippen molar-refractivity contribution < 1.29 is 18.7 Å². The first-order valence-corrected chi connectivity index (χ1v) is 8.29. The summed E-state index contributed by atoms with van der Waals surface area (Å²) >= 11 is 0. The number of aromatic nitrogens is 1. The van der Waals surface area contributed by atoms with Crippen LogP contribution < -0.4 is 0 Å². The van der Waals surface area contributed by atoms with Crippen LogP contribution in [0.5, 0.6) is 0 Å². The highest BCUT2D eigenvalue weighted by Crippen LogP contribution is 2.33. The molecule has 4 rings (SSSR count). The van der Waals surface area contributed by atoms with E-state index in [-0.39, 0.29) is 24.2 Å². The van der Waals surface area contributed by atoms with Gasteiger partial charge in [-0.05, 0) is 36.6 Å². The van der Waals surface area contributed by atoms with Gasteiger partial charge >= 0.3 is 0 Å². The molecule has 0 unspecified atom stereocenters. The van der Waals surface area contributed by atoms with Gasteiger partial charge in [-0.25, -0.2) is 0 Å². The molecule has 6 nitrogen and oxygen atoms in total. The second-order valence-electron chi connectivity index (χ2n) is 6.17. The molecule has 0 N–H and O–H groups in total. The Labute approximate surface area is 140 Å². The third-order valence-corrected chi connectivity index (χ3v) is 4.72. The first-order valence-electron chi connectivity index (χ1n) is 8.29. The van der Waals surface area contributed by atoms with Crippen LogP contribution in [0.2, 0.25) is 0 Å². The molecule has 2 aromatic rings. The fourth-order valence-corrected chi connectivity index (χ4v) is 3.58. The van der Waals surface area contributed by atoms with Crippen molar-refractivity contribution in [2.45, 2.75) is 37.7 Å². The maximum Gasteiger partial charge on any atom is 0.289 e. The van der Waals surface area contributed by atoms with Crippen LogP contribution >= 0.6 is 0 Å². The Morgan fingerprint density at radius 2 is 2.29 bits per heavy atom. The van der Waals surface area contributed by atoms with E-state index in [9.17, 15) is 4.79 Å². The fraction of sp³-hybridized carbons (Fsp3) is 0.444. The molecule has 2 bridgehead atoms. The second-order valence-corrected chi connectivity index (χ2v) is 6.17. The monoisotopic (exact) mass is 328 g/mol. The van der Waals surface area contributed by atoms with Crippen LogP contribution in [-0.4, -0.2) is 47.2 Å². The molecule has 0 radical (unpaired) electrons. The van der Waals surface area contributed by atoms with Gasteiger partial charge in [-0.2, -0.15) is 0 Å². The van der Waals surface area contributed by atoms with Crippen LogP contribution in [0.15, 0.2) is 47.3 Å². The van der Waals surface area contributed by atoms with E-state index < -0.39 is 0 Å². The number of carbonyl (C=O) groups is 1. The quantitative estimate of drug-likeness (QED) is 0.861. The standard InChI is InChI=1S/C18H20N2O4/c21-18(16-4-2-9-22-16)20-8-10-23-15-6-5-14(20)17(15)24-12-13-3-1-7-19-11-13/h1-4,7,9,11,14-15,17H,5-6,8,10,12H2/t14-,15-,17-/m0/s1. The summed E-state index contributed by atoms with van der Waals surface area (Å²) in [5.41, 5.74) is 1.02. The molecule has 2 aliphatic rings. The van der Waals surface area contributed by atoms with E-state index in [4.69, 9.17) is 13.9 Å². The van der Waals surface area contributed by atoms with Gasteiger partial charge in [-0.15, -0.1) is 0 Å². The summed E-state index contributed by atoms with van der Waals surface area (Å²) in [6.45, 7) is 1.56. The minimum absolute atomic E-state index is 0.0202. The van der Waals surface area contributed by atoms with Gasteiger partial charge in [-0.3, -0.25) is 9.78 Å². The van der Waals surface area contributed by atoms with E-state index in [0.29, 0.717) is 25.5 Å². The van der Waals surface area contributed by atoms with E-state index >= 15 is 0 Å². The number of carbonyl (C=O) groups excluding carboxylic acids is 1. The average molecular weight is 328 g/mol. The molecule has 0 aromatic carbocycles. The van der Waals surface area contributed by atoms with Crippen molar-refractivity contribution in [3.05, 3.63) is 54.2 Å². The summed E-state index contributed by atoms with van der Waals surface area (Å²) in [5, 5.41) is 0. The molecule has 1 saturated heterocycles. The number of rotatable bonds is 4. The molecule has 1 saturated carbocycles. The lowest BCUT2D eigenvalue weighted by Crippen LogP contribution is -2.46. The van der Waals surface area contributed by atoms with E-state index in [1.165, 1.54) is 6.26 Å². The van der Waals surface area contributed by atoms with Crippen molar-refractivity contribution in [3.63, 3.8) is 0 Å². The van der Waals surface area contributed by atoms with Crippen LogP contribution in [0.1, 0.15) is 29.0 Å². The van der Waals surface area contributed by atoms with Gasteiger partial charge in [0.15, 0.2) is 5.76 Å². The number of pyridine rings is 1. The first-order chi connectivity index (χ1) is 11.8. The molecule has 24 heavy (non-hydrogen) atoms. The predicted octanol–water partition coefficient (Wildman–Crippen LogP) is 2.26. The lowest BCUT2D eigenvalue weighted by atomic mass is 10.1. The average Bonchev–Trinajstić information content (AvgIpc) is 3.22. The van der Waals surface area contributed by atoms with Crippen LogP contribution in [0.4, 0.5) is 0 Å². The normalized spacial score (nSPS) is 26.3. The summed E-state index contributed by atoms with van der Waals surface area (Å²) < 4.78 is 17.4. The molecular weight excluding hydrogens is 308 g/mol. The highest BCUT2D eigenvalue weighted by molar-refractivity contribution is 5.91. The lowest BCUT2D eigenvalue weighted by molar-refractivity contribution is -0.0599. The largest absolute Gasteiger partial charge is 0.459 e. The zero-order valence-electron chi connectivity index (χ0n) is 13.3. The predicted molar refractivity (Wildman–Crippen MR) is 85.3 cm³/mol. The summed E-state index contributed by atoms with van der Waals surface area (Å²) in [4.78, 5) is 18.7. The van der Waals surface area contributed by atoms with Crippen molar-refractivity contribution in [3.8, 4) is 0 Å². The molecule has 126 valence electrons. The molecule has 1 amide bonds. The van der Waals surface area contributed by atoms with Crippen molar-refractivity contribution in [2.24, 2.45) is 0 Å². The number of fused-ring (bicyclic) bond motifs is 2. The lowest BCUT2D eigenvalue weighted by Gasteiger charge is -2.30. The summed E-state index contributed by atoms with van der Waals surface area (Å²) in [5.74, 6) is 0.275. The van der Waals surface area contributed by atoms with Crippen LogP contribution in [-0.2, 0) is 16.1 Å². The van der Waals surface area contributed by atoms with Gasteiger partial charge < -0.3 is 18.8 Å². The van der Waals surface area contributed by atoms with Gasteiger partial charge in [0.05, 0.1) is 31.6 Å². The topological polar surface area (TPSA) is 64.8 Å². The van der Waals surface area contributed by atoms with Gasteiger partial charge in [0.25, 0.3) is 5.91 Å². The smallest absolute Gasteiger partial charge is 0.289 e. The maximum absolute atomic E-state index is 12.7. The molecule has 3 heterocycles. The Morgan fingerprint density at radius 1 is 1.33 bits per heavy atom. The molecule has 1 aliphatic carbocycles. The minimum atomic E-state index is -0.119.